The maximum Gasteiger partial charge on any atom is 0.190 e. The molecule has 13 heavy (non-hydrogen) atoms. The Kier molecular flexibility index (Phi) is 2.02. The van der Waals surface area contributed by atoms with Gasteiger partial charge in [0.05, 0.1) is 0 Å². The second-order valence-corrected chi connectivity index (χ2v) is 3.42. The lowest BCUT2D eigenvalue weighted by atomic mass is 10.4. The monoisotopic (exact) mass is 192 g/mol. The Hall–Kier alpha value is -1.36. The van der Waals surface area contributed by atoms with Crippen molar-refractivity contribution >= 4 is 11.5 Å². The van der Waals surface area contributed by atoms with E-state index in [1.54, 1.807) is 6.20 Å². The zero-order valence-electron chi connectivity index (χ0n) is 7.35. The quantitative estimate of drug-likeness (QED) is 0.688. The van der Waals surface area contributed by atoms with Crippen LogP contribution in [0.1, 0.15) is 11.5 Å². The van der Waals surface area contributed by atoms with Crippen LogP contribution in [0.15, 0.2) is 12.3 Å². The molecular weight excluding hydrogens is 184 g/mol. The van der Waals surface area contributed by atoms with E-state index in [0.717, 1.165) is 16.5 Å². The summed E-state index contributed by atoms with van der Waals surface area (Å²) in [7, 11) is 0. The van der Waals surface area contributed by atoms with Crippen LogP contribution in [0.5, 0.6) is 0 Å². The van der Waals surface area contributed by atoms with Crippen LogP contribution in [-0.4, -0.2) is 19.3 Å². The minimum Gasteiger partial charge on any atom is -0.234 e. The molecule has 0 amide bonds. The van der Waals surface area contributed by atoms with Crippen LogP contribution < -0.4 is 0 Å². The lowest BCUT2D eigenvalue weighted by molar-refractivity contribution is 1.09. The van der Waals surface area contributed by atoms with Gasteiger partial charge < -0.3 is 0 Å². The first-order chi connectivity index (χ1) is 6.25. The normalized spacial score (nSPS) is 10.3. The maximum atomic E-state index is 4.25. The molecule has 2 rings (SSSR count). The van der Waals surface area contributed by atoms with Gasteiger partial charge in [-0.2, -0.15) is 4.37 Å². The fraction of sp³-hybridized carbons (Fsp3) is 0.250. The molecule has 0 saturated heterocycles. The van der Waals surface area contributed by atoms with Gasteiger partial charge in [-0.15, -0.1) is 0 Å². The summed E-state index contributed by atoms with van der Waals surface area (Å²) < 4.78 is 4.07. The zero-order valence-corrected chi connectivity index (χ0v) is 8.17. The SMILES string of the molecule is Cc1ccnc(-c2nc(C)ns2)n1. The lowest BCUT2D eigenvalue weighted by Gasteiger charge is -1.93. The Bertz CT molecular complexity index is 424. The molecule has 0 bridgehead atoms. The molecule has 0 unspecified atom stereocenters. The van der Waals surface area contributed by atoms with Crippen LogP contribution in [0.25, 0.3) is 10.8 Å². The van der Waals surface area contributed by atoms with Crippen molar-refractivity contribution in [2.45, 2.75) is 13.8 Å². The Balaban J connectivity index is 2.46. The van der Waals surface area contributed by atoms with E-state index in [1.165, 1.54) is 11.5 Å². The number of aromatic nitrogens is 4. The lowest BCUT2D eigenvalue weighted by Crippen LogP contribution is -1.89. The van der Waals surface area contributed by atoms with Gasteiger partial charge >= 0.3 is 0 Å². The number of nitrogens with zero attached hydrogens (tertiary/aromatic N) is 4. The van der Waals surface area contributed by atoms with E-state index in [-0.39, 0.29) is 0 Å². The van der Waals surface area contributed by atoms with Crippen molar-refractivity contribution in [3.05, 3.63) is 23.8 Å². The molecule has 2 heterocycles. The molecule has 4 nitrogen and oxygen atoms in total. The van der Waals surface area contributed by atoms with E-state index in [2.05, 4.69) is 19.3 Å². The molecule has 2 aromatic heterocycles. The maximum absolute atomic E-state index is 4.25. The Labute approximate surface area is 79.9 Å². The molecular formula is C8H8N4S. The number of hydrogen-bond donors (Lipinski definition) is 0. The van der Waals surface area contributed by atoms with Crippen LogP contribution in [0.3, 0.4) is 0 Å². The molecule has 0 aliphatic rings. The highest BCUT2D eigenvalue weighted by Crippen LogP contribution is 2.16. The molecule has 0 N–H and O–H groups in total. The van der Waals surface area contributed by atoms with E-state index < -0.39 is 0 Å². The fourth-order valence-electron chi connectivity index (χ4n) is 0.940. The van der Waals surface area contributed by atoms with Crippen molar-refractivity contribution < 1.29 is 0 Å². The molecule has 2 aromatic rings. The van der Waals surface area contributed by atoms with Crippen molar-refractivity contribution in [2.75, 3.05) is 0 Å². The fourth-order valence-corrected chi connectivity index (χ4v) is 1.55. The van der Waals surface area contributed by atoms with Crippen molar-refractivity contribution in [3.8, 4) is 10.8 Å². The van der Waals surface area contributed by atoms with E-state index in [4.69, 9.17) is 0 Å². The molecule has 0 spiro atoms. The van der Waals surface area contributed by atoms with E-state index in [0.29, 0.717) is 5.82 Å². The zero-order chi connectivity index (χ0) is 9.26. The first kappa shape index (κ1) is 8.25. The van der Waals surface area contributed by atoms with Crippen molar-refractivity contribution in [1.82, 2.24) is 19.3 Å². The van der Waals surface area contributed by atoms with Gasteiger partial charge in [0.1, 0.15) is 5.82 Å². The van der Waals surface area contributed by atoms with Gasteiger partial charge in [0.15, 0.2) is 10.8 Å². The van der Waals surface area contributed by atoms with Gasteiger partial charge in [-0.3, -0.25) is 0 Å². The summed E-state index contributed by atoms with van der Waals surface area (Å²) >= 11 is 1.33. The highest BCUT2D eigenvalue weighted by atomic mass is 32.1. The first-order valence-electron chi connectivity index (χ1n) is 3.86. The second kappa shape index (κ2) is 3.18. The Morgan fingerprint density at radius 2 is 2.08 bits per heavy atom. The summed E-state index contributed by atoms with van der Waals surface area (Å²) in [5.41, 5.74) is 0.942. The summed E-state index contributed by atoms with van der Waals surface area (Å²) in [5, 5.41) is 0.779. The third-order valence-corrected chi connectivity index (χ3v) is 2.32. The second-order valence-electron chi connectivity index (χ2n) is 2.67. The smallest absolute Gasteiger partial charge is 0.190 e. The third kappa shape index (κ3) is 1.70. The number of aryl methyl sites for hydroxylation is 2. The summed E-state index contributed by atoms with van der Waals surface area (Å²) in [6.07, 6.45) is 1.73. The molecule has 0 atom stereocenters. The molecule has 5 heteroatoms. The van der Waals surface area contributed by atoms with E-state index >= 15 is 0 Å². The third-order valence-electron chi connectivity index (χ3n) is 1.51. The summed E-state index contributed by atoms with van der Waals surface area (Å²) in [6.45, 7) is 3.79. The molecule has 0 aliphatic heterocycles. The highest BCUT2D eigenvalue weighted by Gasteiger charge is 2.05. The van der Waals surface area contributed by atoms with Gasteiger partial charge in [0.25, 0.3) is 0 Å². The van der Waals surface area contributed by atoms with Crippen LogP contribution in [0, 0.1) is 13.8 Å². The van der Waals surface area contributed by atoms with Gasteiger partial charge in [-0.1, -0.05) is 0 Å². The van der Waals surface area contributed by atoms with Crippen LogP contribution >= 0.6 is 11.5 Å². The largest absolute Gasteiger partial charge is 0.234 e. The van der Waals surface area contributed by atoms with Crippen LogP contribution in [-0.2, 0) is 0 Å². The van der Waals surface area contributed by atoms with Gasteiger partial charge in [0.2, 0.25) is 0 Å². The van der Waals surface area contributed by atoms with Gasteiger partial charge in [0, 0.05) is 11.9 Å². The highest BCUT2D eigenvalue weighted by molar-refractivity contribution is 7.09. The van der Waals surface area contributed by atoms with Crippen molar-refractivity contribution in [3.63, 3.8) is 0 Å². The molecule has 0 aromatic carbocycles. The van der Waals surface area contributed by atoms with E-state index in [1.807, 2.05) is 19.9 Å². The topological polar surface area (TPSA) is 51.6 Å². The van der Waals surface area contributed by atoms with Gasteiger partial charge in [-0.25, -0.2) is 15.0 Å². The molecule has 66 valence electrons. The van der Waals surface area contributed by atoms with Crippen LogP contribution in [0.2, 0.25) is 0 Å². The first-order valence-corrected chi connectivity index (χ1v) is 4.63. The van der Waals surface area contributed by atoms with Crippen LogP contribution in [0.4, 0.5) is 0 Å². The molecule has 0 radical (unpaired) electrons. The molecule has 0 aliphatic carbocycles. The summed E-state index contributed by atoms with van der Waals surface area (Å²) in [6, 6.07) is 1.86. The molecule has 0 fully saturated rings. The minimum absolute atomic E-state index is 0.658. The minimum atomic E-state index is 0.658. The standard InChI is InChI=1S/C8H8N4S/c1-5-3-4-9-7(10-5)8-11-6(2)12-13-8/h3-4H,1-2H3. The van der Waals surface area contributed by atoms with E-state index in [9.17, 15) is 0 Å². The summed E-state index contributed by atoms with van der Waals surface area (Å²) in [5.74, 6) is 1.43. The van der Waals surface area contributed by atoms with Gasteiger partial charge in [-0.05, 0) is 31.4 Å². The number of hydrogen-bond acceptors (Lipinski definition) is 5. The number of rotatable bonds is 1. The summed E-state index contributed by atoms with van der Waals surface area (Å²) in [4.78, 5) is 12.6. The average Bonchev–Trinajstić information content (AvgIpc) is 2.52. The predicted octanol–water partition coefficient (Wildman–Crippen LogP) is 1.61. The Morgan fingerprint density at radius 3 is 2.69 bits per heavy atom. The van der Waals surface area contributed by atoms with Crippen molar-refractivity contribution in [1.29, 1.82) is 0 Å². The predicted molar refractivity (Wildman–Crippen MR) is 50.4 cm³/mol. The average molecular weight is 192 g/mol. The van der Waals surface area contributed by atoms with Crippen molar-refractivity contribution in [2.24, 2.45) is 0 Å². The Morgan fingerprint density at radius 1 is 1.23 bits per heavy atom. The molecule has 0 saturated carbocycles.